The number of carbonyl (C=O) groups excluding carboxylic acids is 2. The molecule has 180 valence electrons. The third-order valence-corrected chi connectivity index (χ3v) is 6.11. The number of nitrogens with one attached hydrogen (secondary N) is 1. The summed E-state index contributed by atoms with van der Waals surface area (Å²) < 4.78 is 39.9. The largest absolute Gasteiger partial charge is 0.350 e. The van der Waals surface area contributed by atoms with Gasteiger partial charge in [-0.05, 0) is 57.5 Å². The number of amides is 2. The molecule has 0 aliphatic heterocycles. The van der Waals surface area contributed by atoms with Crippen LogP contribution in [-0.4, -0.2) is 49.5 Å². The molecule has 0 aromatic heterocycles. The van der Waals surface area contributed by atoms with Crippen molar-refractivity contribution in [2.45, 2.75) is 45.8 Å². The van der Waals surface area contributed by atoms with Gasteiger partial charge < -0.3 is 10.2 Å². The van der Waals surface area contributed by atoms with Gasteiger partial charge in [0, 0.05) is 17.1 Å². The Hall–Kier alpha value is -2.65. The van der Waals surface area contributed by atoms with Crippen LogP contribution in [0.3, 0.4) is 0 Å². The molecule has 0 spiro atoms. The van der Waals surface area contributed by atoms with Gasteiger partial charge in [-0.1, -0.05) is 35.9 Å². The van der Waals surface area contributed by atoms with Crippen LogP contribution in [0.4, 0.5) is 10.1 Å². The minimum Gasteiger partial charge on any atom is -0.350 e. The molecule has 0 saturated carbocycles. The fourth-order valence-electron chi connectivity index (χ4n) is 3.09. The van der Waals surface area contributed by atoms with Crippen molar-refractivity contribution in [1.82, 2.24) is 10.2 Å². The quantitative estimate of drug-likeness (QED) is 0.604. The zero-order chi connectivity index (χ0) is 25.0. The summed E-state index contributed by atoms with van der Waals surface area (Å²) in [6, 6.07) is 11.1. The van der Waals surface area contributed by atoms with Crippen molar-refractivity contribution < 1.29 is 22.4 Å². The number of rotatable bonds is 8. The molecule has 2 rings (SSSR count). The number of carbonyl (C=O) groups is 2. The first-order chi connectivity index (χ1) is 15.2. The Morgan fingerprint density at radius 1 is 1.09 bits per heavy atom. The van der Waals surface area contributed by atoms with Gasteiger partial charge in [-0.15, -0.1) is 0 Å². The van der Waals surface area contributed by atoms with Gasteiger partial charge >= 0.3 is 0 Å². The number of sulfonamides is 1. The summed E-state index contributed by atoms with van der Waals surface area (Å²) in [5.41, 5.74) is -0.0849. The lowest BCUT2D eigenvalue weighted by Gasteiger charge is -2.33. The number of anilines is 1. The molecule has 0 aliphatic carbocycles. The van der Waals surface area contributed by atoms with E-state index in [0.717, 1.165) is 12.3 Å². The van der Waals surface area contributed by atoms with Gasteiger partial charge in [-0.2, -0.15) is 0 Å². The number of hydrogen-bond acceptors (Lipinski definition) is 4. The summed E-state index contributed by atoms with van der Waals surface area (Å²) >= 11 is 5.94. The van der Waals surface area contributed by atoms with E-state index in [9.17, 15) is 22.4 Å². The molecular formula is C23H29ClFN3O4S. The summed E-state index contributed by atoms with van der Waals surface area (Å²) in [4.78, 5) is 27.5. The zero-order valence-corrected chi connectivity index (χ0v) is 20.9. The van der Waals surface area contributed by atoms with Crippen LogP contribution in [0.25, 0.3) is 0 Å². The van der Waals surface area contributed by atoms with Crippen molar-refractivity contribution >= 4 is 39.1 Å². The molecule has 2 aromatic rings. The molecule has 10 heteroatoms. The lowest BCUT2D eigenvalue weighted by molar-refractivity contribution is -0.140. The van der Waals surface area contributed by atoms with Crippen LogP contribution in [0, 0.1) is 5.82 Å². The molecule has 0 heterocycles. The van der Waals surface area contributed by atoms with Gasteiger partial charge in [0.1, 0.15) is 18.4 Å². The Kier molecular flexibility index (Phi) is 8.48. The van der Waals surface area contributed by atoms with Gasteiger partial charge in [-0.25, -0.2) is 12.8 Å². The van der Waals surface area contributed by atoms with Crippen molar-refractivity contribution in [3.05, 3.63) is 64.9 Å². The second-order valence-corrected chi connectivity index (χ2v) is 11.1. The maximum absolute atomic E-state index is 14.4. The maximum Gasteiger partial charge on any atom is 0.244 e. The maximum atomic E-state index is 14.4. The summed E-state index contributed by atoms with van der Waals surface area (Å²) in [5.74, 6) is -1.84. The minimum absolute atomic E-state index is 0.0314. The van der Waals surface area contributed by atoms with Crippen LogP contribution in [0.5, 0.6) is 0 Å². The summed E-state index contributed by atoms with van der Waals surface area (Å²) in [6.07, 6.45) is 0.895. The second kappa shape index (κ2) is 10.5. The fourth-order valence-corrected chi connectivity index (χ4v) is 4.07. The third kappa shape index (κ3) is 7.71. The zero-order valence-electron chi connectivity index (χ0n) is 19.3. The molecule has 33 heavy (non-hydrogen) atoms. The number of para-hydroxylation sites is 1. The van der Waals surface area contributed by atoms with Crippen LogP contribution in [0.2, 0.25) is 5.02 Å². The number of hydrogen-bond donors (Lipinski definition) is 1. The molecule has 2 amide bonds. The first-order valence-electron chi connectivity index (χ1n) is 10.3. The molecule has 0 bridgehead atoms. The average molecular weight is 498 g/mol. The van der Waals surface area contributed by atoms with E-state index in [0.29, 0.717) is 14.9 Å². The van der Waals surface area contributed by atoms with Gasteiger partial charge in [0.25, 0.3) is 0 Å². The van der Waals surface area contributed by atoms with Crippen molar-refractivity contribution in [1.29, 1.82) is 0 Å². The highest BCUT2D eigenvalue weighted by molar-refractivity contribution is 7.92. The number of halogens is 2. The second-order valence-electron chi connectivity index (χ2n) is 8.78. The normalized spacial score (nSPS) is 12.7. The summed E-state index contributed by atoms with van der Waals surface area (Å²) in [5, 5.41) is 3.34. The molecule has 7 nitrogen and oxygen atoms in total. The van der Waals surface area contributed by atoms with E-state index in [2.05, 4.69) is 5.32 Å². The van der Waals surface area contributed by atoms with E-state index in [-0.39, 0.29) is 12.2 Å². The van der Waals surface area contributed by atoms with Gasteiger partial charge in [-0.3, -0.25) is 13.9 Å². The van der Waals surface area contributed by atoms with Crippen molar-refractivity contribution in [3.63, 3.8) is 0 Å². The number of nitrogens with zero attached hydrogens (tertiary/aromatic N) is 2. The molecule has 1 atom stereocenters. The van der Waals surface area contributed by atoms with E-state index in [1.807, 2.05) is 20.8 Å². The molecule has 0 saturated heterocycles. The molecular weight excluding hydrogens is 469 g/mol. The Bertz CT molecular complexity index is 1100. The first kappa shape index (κ1) is 26.6. The van der Waals surface area contributed by atoms with Crippen LogP contribution in [0.1, 0.15) is 33.3 Å². The Morgan fingerprint density at radius 3 is 2.18 bits per heavy atom. The van der Waals surface area contributed by atoms with Crippen LogP contribution < -0.4 is 9.62 Å². The molecule has 0 unspecified atom stereocenters. The number of benzene rings is 2. The lowest BCUT2D eigenvalue weighted by Crippen LogP contribution is -2.54. The summed E-state index contributed by atoms with van der Waals surface area (Å²) in [7, 11) is -3.99. The Morgan fingerprint density at radius 2 is 1.67 bits per heavy atom. The van der Waals surface area contributed by atoms with Crippen LogP contribution in [0.15, 0.2) is 48.5 Å². The molecule has 2 aromatic carbocycles. The average Bonchev–Trinajstić information content (AvgIpc) is 2.69. The van der Waals surface area contributed by atoms with Crippen LogP contribution >= 0.6 is 11.6 Å². The SMILES string of the molecule is C[C@@H](C(=O)NC(C)(C)C)N(Cc1ccc(Cl)cc1)C(=O)CN(c1ccccc1F)S(C)(=O)=O. The predicted molar refractivity (Wildman–Crippen MR) is 128 cm³/mol. The summed E-state index contributed by atoms with van der Waals surface area (Å²) in [6.45, 7) is 6.36. The Labute approximate surface area is 199 Å². The highest BCUT2D eigenvalue weighted by Crippen LogP contribution is 2.22. The van der Waals surface area contributed by atoms with Gasteiger partial charge in [0.15, 0.2) is 0 Å². The third-order valence-electron chi connectivity index (χ3n) is 4.73. The van der Waals surface area contributed by atoms with E-state index < -0.39 is 45.8 Å². The predicted octanol–water partition coefficient (Wildman–Crippen LogP) is 3.58. The van der Waals surface area contributed by atoms with Crippen molar-refractivity contribution in [2.24, 2.45) is 0 Å². The molecule has 1 N–H and O–H groups in total. The van der Waals surface area contributed by atoms with Crippen molar-refractivity contribution in [3.8, 4) is 0 Å². The van der Waals surface area contributed by atoms with E-state index in [4.69, 9.17) is 11.6 Å². The smallest absolute Gasteiger partial charge is 0.244 e. The molecule has 0 aliphatic rings. The van der Waals surface area contributed by atoms with Crippen LogP contribution in [-0.2, 0) is 26.2 Å². The topological polar surface area (TPSA) is 86.8 Å². The van der Waals surface area contributed by atoms with E-state index >= 15 is 0 Å². The van der Waals surface area contributed by atoms with Gasteiger partial charge in [0.05, 0.1) is 11.9 Å². The fraction of sp³-hybridized carbons (Fsp3) is 0.391. The lowest BCUT2D eigenvalue weighted by atomic mass is 10.1. The highest BCUT2D eigenvalue weighted by atomic mass is 35.5. The monoisotopic (exact) mass is 497 g/mol. The van der Waals surface area contributed by atoms with E-state index in [1.165, 1.54) is 23.1 Å². The van der Waals surface area contributed by atoms with E-state index in [1.54, 1.807) is 31.2 Å². The van der Waals surface area contributed by atoms with Crippen molar-refractivity contribution in [2.75, 3.05) is 17.1 Å². The molecule has 0 fully saturated rings. The molecule has 0 radical (unpaired) electrons. The minimum atomic E-state index is -3.99. The Balaban J connectivity index is 2.41. The first-order valence-corrected chi connectivity index (χ1v) is 12.5. The highest BCUT2D eigenvalue weighted by Gasteiger charge is 2.32. The standard InChI is InChI=1S/C23H29ClFN3O4S/c1-16(22(30)26-23(2,3)4)27(14-17-10-12-18(24)13-11-17)21(29)15-28(33(5,31)32)20-9-7-6-8-19(20)25/h6-13,16H,14-15H2,1-5H3,(H,26,30)/t16-/m0/s1. The van der Waals surface area contributed by atoms with Gasteiger partial charge in [0.2, 0.25) is 21.8 Å².